The van der Waals surface area contributed by atoms with E-state index in [9.17, 15) is 14.4 Å². The van der Waals surface area contributed by atoms with Crippen LogP contribution in [0.2, 0.25) is 0 Å². The van der Waals surface area contributed by atoms with Crippen LogP contribution in [0.4, 0.5) is 0 Å². The highest BCUT2D eigenvalue weighted by Gasteiger charge is 2.40. The van der Waals surface area contributed by atoms with E-state index in [1.807, 2.05) is 6.92 Å². The minimum Gasteiger partial charge on any atom is -0.472 e. The molecule has 2 atom stereocenters. The highest BCUT2D eigenvalue weighted by atomic mass is 32.2. The van der Waals surface area contributed by atoms with Gasteiger partial charge in [0.05, 0.1) is 17.6 Å². The van der Waals surface area contributed by atoms with Crippen molar-refractivity contribution in [3.8, 4) is 0 Å². The number of carbonyl (C=O) groups excluding carboxylic acids is 3. The van der Waals surface area contributed by atoms with Gasteiger partial charge in [-0.3, -0.25) is 14.4 Å². The third-order valence-electron chi connectivity index (χ3n) is 4.63. The van der Waals surface area contributed by atoms with Crippen molar-refractivity contribution >= 4 is 29.5 Å². The molecule has 1 saturated heterocycles. The summed E-state index contributed by atoms with van der Waals surface area (Å²) in [5, 5.41) is 5.75. The van der Waals surface area contributed by atoms with Crippen LogP contribution in [0.15, 0.2) is 23.0 Å². The second kappa shape index (κ2) is 8.62. The van der Waals surface area contributed by atoms with Gasteiger partial charge in [-0.05, 0) is 43.9 Å². The Hall–Kier alpha value is -1.96. The Morgan fingerprint density at radius 2 is 2.15 bits per heavy atom. The third-order valence-corrected chi connectivity index (χ3v) is 5.81. The molecule has 0 radical (unpaired) electrons. The fourth-order valence-electron chi connectivity index (χ4n) is 3.13. The number of amides is 3. The van der Waals surface area contributed by atoms with E-state index in [0.29, 0.717) is 30.8 Å². The number of carbonyl (C=O) groups is 3. The van der Waals surface area contributed by atoms with Gasteiger partial charge in [0, 0.05) is 19.1 Å². The largest absolute Gasteiger partial charge is 0.472 e. The summed E-state index contributed by atoms with van der Waals surface area (Å²) >= 11 is 1.65. The minimum absolute atomic E-state index is 0.0343. The van der Waals surface area contributed by atoms with Crippen molar-refractivity contribution in [2.24, 2.45) is 5.92 Å². The number of nitrogens with zero attached hydrogens (tertiary/aromatic N) is 1. The molecule has 0 aromatic carbocycles. The zero-order valence-corrected chi connectivity index (χ0v) is 15.7. The van der Waals surface area contributed by atoms with Crippen molar-refractivity contribution in [1.82, 2.24) is 15.5 Å². The van der Waals surface area contributed by atoms with Crippen LogP contribution in [-0.4, -0.2) is 59.3 Å². The van der Waals surface area contributed by atoms with Gasteiger partial charge in [0.2, 0.25) is 11.8 Å². The summed E-state index contributed by atoms with van der Waals surface area (Å²) in [6.45, 7) is 2.66. The Morgan fingerprint density at radius 3 is 2.81 bits per heavy atom. The lowest BCUT2D eigenvalue weighted by molar-refractivity contribution is -0.125. The Kier molecular flexibility index (Phi) is 6.24. The van der Waals surface area contributed by atoms with Gasteiger partial charge in [0.25, 0.3) is 5.91 Å². The molecule has 0 bridgehead atoms. The first-order valence-corrected chi connectivity index (χ1v) is 10.2. The Morgan fingerprint density at radius 1 is 1.35 bits per heavy atom. The fraction of sp³-hybridized carbons (Fsp3) is 0.611. The van der Waals surface area contributed by atoms with Crippen molar-refractivity contribution in [3.05, 3.63) is 24.2 Å². The number of likely N-dealkylation sites (tertiary alicyclic amines) is 1. The SMILES string of the molecule is CCNC(=O)[C@@H]1C[C@H](NC(=O)CSCC2CC2)CN1C(=O)c1ccoc1. The van der Waals surface area contributed by atoms with E-state index in [4.69, 9.17) is 4.42 Å². The van der Waals surface area contributed by atoms with Gasteiger partial charge in [-0.15, -0.1) is 0 Å². The van der Waals surface area contributed by atoms with Crippen molar-refractivity contribution in [2.75, 3.05) is 24.6 Å². The van der Waals surface area contributed by atoms with Gasteiger partial charge >= 0.3 is 0 Å². The van der Waals surface area contributed by atoms with E-state index < -0.39 is 6.04 Å². The number of hydrogen-bond acceptors (Lipinski definition) is 5. The van der Waals surface area contributed by atoms with Crippen LogP contribution in [0, 0.1) is 5.92 Å². The summed E-state index contributed by atoms with van der Waals surface area (Å²) in [5.41, 5.74) is 0.409. The van der Waals surface area contributed by atoms with Gasteiger partial charge in [0.1, 0.15) is 12.3 Å². The molecule has 0 spiro atoms. The molecule has 2 heterocycles. The van der Waals surface area contributed by atoms with Crippen LogP contribution in [0.3, 0.4) is 0 Å². The number of hydrogen-bond donors (Lipinski definition) is 2. The second-order valence-corrected chi connectivity index (χ2v) is 7.87. The van der Waals surface area contributed by atoms with Gasteiger partial charge < -0.3 is 20.0 Å². The topological polar surface area (TPSA) is 91.7 Å². The van der Waals surface area contributed by atoms with Crippen molar-refractivity contribution < 1.29 is 18.8 Å². The van der Waals surface area contributed by atoms with E-state index in [2.05, 4.69) is 10.6 Å². The lowest BCUT2D eigenvalue weighted by atomic mass is 10.1. The number of rotatable bonds is 8. The first-order chi connectivity index (χ1) is 12.6. The van der Waals surface area contributed by atoms with Crippen molar-refractivity contribution in [3.63, 3.8) is 0 Å². The molecule has 142 valence electrons. The molecule has 26 heavy (non-hydrogen) atoms. The van der Waals surface area contributed by atoms with E-state index in [-0.39, 0.29) is 23.8 Å². The molecule has 7 nitrogen and oxygen atoms in total. The quantitative estimate of drug-likeness (QED) is 0.709. The van der Waals surface area contributed by atoms with Gasteiger partial charge in [0.15, 0.2) is 0 Å². The maximum absolute atomic E-state index is 12.7. The van der Waals surface area contributed by atoms with Crippen molar-refractivity contribution in [2.45, 2.75) is 38.3 Å². The van der Waals surface area contributed by atoms with Crippen LogP contribution >= 0.6 is 11.8 Å². The molecular weight excluding hydrogens is 354 g/mol. The van der Waals surface area contributed by atoms with Crippen LogP contribution in [0.5, 0.6) is 0 Å². The molecule has 2 aliphatic rings. The summed E-state index contributed by atoms with van der Waals surface area (Å²) < 4.78 is 4.98. The first kappa shape index (κ1) is 18.8. The number of likely N-dealkylation sites (N-methyl/N-ethyl adjacent to an activating group) is 1. The normalized spacial score (nSPS) is 22.3. The molecule has 1 aliphatic heterocycles. The molecular formula is C18H25N3O4S. The zero-order valence-electron chi connectivity index (χ0n) is 14.9. The summed E-state index contributed by atoms with van der Waals surface area (Å²) in [7, 11) is 0. The number of nitrogens with one attached hydrogen (secondary N) is 2. The first-order valence-electron chi connectivity index (χ1n) is 9.06. The average Bonchev–Trinajstić information content (AvgIpc) is 3.11. The second-order valence-electron chi connectivity index (χ2n) is 6.84. The summed E-state index contributed by atoms with van der Waals surface area (Å²) in [6.07, 6.45) is 5.78. The molecule has 1 aliphatic carbocycles. The maximum atomic E-state index is 12.7. The predicted molar refractivity (Wildman–Crippen MR) is 98.8 cm³/mol. The Labute approximate surface area is 157 Å². The molecule has 3 amide bonds. The lowest BCUT2D eigenvalue weighted by Gasteiger charge is -2.22. The Bertz CT molecular complexity index is 645. The summed E-state index contributed by atoms with van der Waals surface area (Å²) in [5.74, 6) is 1.76. The van der Waals surface area contributed by atoms with E-state index in [1.54, 1.807) is 17.8 Å². The highest BCUT2D eigenvalue weighted by Crippen LogP contribution is 2.32. The monoisotopic (exact) mass is 379 g/mol. The average molecular weight is 379 g/mol. The fourth-order valence-corrected chi connectivity index (χ4v) is 4.18. The lowest BCUT2D eigenvalue weighted by Crippen LogP contribution is -2.45. The molecule has 1 aromatic heterocycles. The smallest absolute Gasteiger partial charge is 0.257 e. The molecule has 1 aromatic rings. The summed E-state index contributed by atoms with van der Waals surface area (Å²) in [6, 6.07) is 0.784. The van der Waals surface area contributed by atoms with Crippen LogP contribution in [-0.2, 0) is 9.59 Å². The molecule has 3 rings (SSSR count). The Balaban J connectivity index is 1.58. The predicted octanol–water partition coefficient (Wildman–Crippen LogP) is 1.26. The summed E-state index contributed by atoms with van der Waals surface area (Å²) in [4.78, 5) is 38.7. The van der Waals surface area contributed by atoms with Gasteiger partial charge in [-0.25, -0.2) is 0 Å². The standard InChI is InChI=1S/C18H25N3O4S/c1-2-19-17(23)15-7-14(20-16(22)11-26-10-12-3-4-12)8-21(15)18(24)13-5-6-25-9-13/h5-6,9,12,14-15H,2-4,7-8,10-11H2,1H3,(H,19,23)(H,20,22)/t14-,15-/m0/s1. The van der Waals surface area contributed by atoms with Gasteiger partial charge in [-0.2, -0.15) is 11.8 Å². The van der Waals surface area contributed by atoms with Gasteiger partial charge in [-0.1, -0.05) is 0 Å². The van der Waals surface area contributed by atoms with Crippen LogP contribution in [0.1, 0.15) is 36.5 Å². The maximum Gasteiger partial charge on any atom is 0.257 e. The number of furan rings is 1. The zero-order chi connectivity index (χ0) is 18.5. The van der Waals surface area contributed by atoms with E-state index >= 15 is 0 Å². The molecule has 2 N–H and O–H groups in total. The van der Waals surface area contributed by atoms with E-state index in [0.717, 1.165) is 11.7 Å². The molecule has 1 saturated carbocycles. The highest BCUT2D eigenvalue weighted by molar-refractivity contribution is 7.99. The molecule has 8 heteroatoms. The van der Waals surface area contributed by atoms with Crippen LogP contribution < -0.4 is 10.6 Å². The van der Waals surface area contributed by atoms with E-state index in [1.165, 1.54) is 30.3 Å². The molecule has 2 fully saturated rings. The third kappa shape index (κ3) is 4.81. The number of thioether (sulfide) groups is 1. The minimum atomic E-state index is -0.582. The molecule has 0 unspecified atom stereocenters. The van der Waals surface area contributed by atoms with Crippen LogP contribution in [0.25, 0.3) is 0 Å². The van der Waals surface area contributed by atoms with Crippen molar-refractivity contribution in [1.29, 1.82) is 0 Å².